The predicted octanol–water partition coefficient (Wildman–Crippen LogP) is 4.31. The Morgan fingerprint density at radius 1 is 1.07 bits per heavy atom. The SMILES string of the molecule is O=C(O)CCCCCCN1C(=O)SC(=Cc2ccc3ccccc3n2)C1=O. The van der Waals surface area contributed by atoms with E-state index >= 15 is 0 Å². The van der Waals surface area contributed by atoms with Gasteiger partial charge in [-0.25, -0.2) is 4.98 Å². The van der Waals surface area contributed by atoms with Gasteiger partial charge in [0.15, 0.2) is 0 Å². The highest BCUT2D eigenvalue weighted by atomic mass is 32.2. The number of carbonyl (C=O) groups is 3. The Balaban J connectivity index is 1.59. The van der Waals surface area contributed by atoms with Crippen LogP contribution >= 0.6 is 11.8 Å². The molecule has 2 amide bonds. The molecule has 1 saturated heterocycles. The van der Waals surface area contributed by atoms with Crippen molar-refractivity contribution in [3.05, 3.63) is 47.0 Å². The molecule has 0 bridgehead atoms. The number of carbonyl (C=O) groups excluding carboxylic acids is 2. The van der Waals surface area contributed by atoms with Crippen molar-refractivity contribution < 1.29 is 19.5 Å². The maximum atomic E-state index is 12.5. The van der Waals surface area contributed by atoms with Gasteiger partial charge in [-0.3, -0.25) is 19.3 Å². The van der Waals surface area contributed by atoms with E-state index in [4.69, 9.17) is 5.11 Å². The fourth-order valence-corrected chi connectivity index (χ4v) is 3.74. The number of fused-ring (bicyclic) bond motifs is 1. The first-order chi connectivity index (χ1) is 13.0. The molecule has 1 aliphatic heterocycles. The van der Waals surface area contributed by atoms with Gasteiger partial charge in [0, 0.05) is 18.4 Å². The zero-order valence-corrected chi connectivity index (χ0v) is 15.6. The molecule has 0 radical (unpaired) electrons. The van der Waals surface area contributed by atoms with E-state index in [0.717, 1.165) is 35.5 Å². The van der Waals surface area contributed by atoms with Crippen molar-refractivity contribution in [1.29, 1.82) is 0 Å². The lowest BCUT2D eigenvalue weighted by Crippen LogP contribution is -2.29. The van der Waals surface area contributed by atoms with Crippen LogP contribution < -0.4 is 0 Å². The second-order valence-electron chi connectivity index (χ2n) is 6.32. The number of para-hydroxylation sites is 1. The molecule has 3 rings (SSSR count). The topological polar surface area (TPSA) is 87.6 Å². The van der Waals surface area contributed by atoms with E-state index in [2.05, 4.69) is 4.98 Å². The summed E-state index contributed by atoms with van der Waals surface area (Å²) >= 11 is 0.935. The van der Waals surface area contributed by atoms with E-state index in [9.17, 15) is 14.4 Å². The number of aliphatic carboxylic acids is 1. The molecule has 0 aliphatic carbocycles. The van der Waals surface area contributed by atoms with Gasteiger partial charge in [-0.05, 0) is 42.8 Å². The smallest absolute Gasteiger partial charge is 0.303 e. The minimum absolute atomic E-state index is 0.156. The van der Waals surface area contributed by atoms with Crippen molar-refractivity contribution in [3.63, 3.8) is 0 Å². The number of pyridine rings is 1. The molecule has 6 nitrogen and oxygen atoms in total. The molecule has 0 spiro atoms. The predicted molar refractivity (Wildman–Crippen MR) is 105 cm³/mol. The molecular weight excluding hydrogens is 364 g/mol. The van der Waals surface area contributed by atoms with E-state index < -0.39 is 5.97 Å². The highest BCUT2D eigenvalue weighted by Crippen LogP contribution is 2.32. The second-order valence-corrected chi connectivity index (χ2v) is 7.31. The van der Waals surface area contributed by atoms with Crippen LogP contribution in [0.1, 0.15) is 37.8 Å². The van der Waals surface area contributed by atoms with Crippen molar-refractivity contribution in [1.82, 2.24) is 9.88 Å². The molecule has 0 saturated carbocycles. The Kier molecular flexibility index (Phi) is 6.24. The van der Waals surface area contributed by atoms with Crippen LogP contribution in [0.2, 0.25) is 0 Å². The van der Waals surface area contributed by atoms with Crippen molar-refractivity contribution in [3.8, 4) is 0 Å². The van der Waals surface area contributed by atoms with Gasteiger partial charge in [0.25, 0.3) is 11.1 Å². The largest absolute Gasteiger partial charge is 0.481 e. The summed E-state index contributed by atoms with van der Waals surface area (Å²) in [6.07, 6.45) is 4.68. The van der Waals surface area contributed by atoms with E-state index in [1.807, 2.05) is 36.4 Å². The third kappa shape index (κ3) is 4.95. The number of imide groups is 1. The summed E-state index contributed by atoms with van der Waals surface area (Å²) in [5, 5.41) is 9.36. The average molecular weight is 384 g/mol. The molecule has 7 heteroatoms. The second kappa shape index (κ2) is 8.81. The fourth-order valence-electron chi connectivity index (χ4n) is 2.89. The number of unbranched alkanes of at least 4 members (excludes halogenated alkanes) is 3. The number of carboxylic acids is 1. The molecule has 27 heavy (non-hydrogen) atoms. The quantitative estimate of drug-likeness (QED) is 0.539. The molecular formula is C20H20N2O4S. The van der Waals surface area contributed by atoms with Crippen LogP contribution in [-0.4, -0.2) is 38.7 Å². The first kappa shape index (κ1) is 19.1. The number of hydrogen-bond acceptors (Lipinski definition) is 5. The zero-order valence-electron chi connectivity index (χ0n) is 14.8. The molecule has 1 fully saturated rings. The third-order valence-electron chi connectivity index (χ3n) is 4.29. The molecule has 1 aromatic carbocycles. The molecule has 0 unspecified atom stereocenters. The first-order valence-electron chi connectivity index (χ1n) is 8.87. The fraction of sp³-hybridized carbons (Fsp3) is 0.300. The van der Waals surface area contributed by atoms with Crippen LogP contribution in [0.4, 0.5) is 4.79 Å². The first-order valence-corrected chi connectivity index (χ1v) is 9.69. The Labute approximate surface area is 161 Å². The average Bonchev–Trinajstić information content (AvgIpc) is 2.91. The maximum Gasteiger partial charge on any atom is 0.303 e. The van der Waals surface area contributed by atoms with E-state index in [1.54, 1.807) is 6.08 Å². The number of nitrogens with zero attached hydrogens (tertiary/aromatic N) is 2. The molecule has 2 aromatic rings. The molecule has 1 aliphatic rings. The van der Waals surface area contributed by atoms with E-state index in [-0.39, 0.29) is 17.6 Å². The zero-order chi connectivity index (χ0) is 19.2. The van der Waals surface area contributed by atoms with Crippen molar-refractivity contribution >= 4 is 45.9 Å². The van der Waals surface area contributed by atoms with Gasteiger partial charge in [0.2, 0.25) is 0 Å². The van der Waals surface area contributed by atoms with Crippen LogP contribution in [-0.2, 0) is 9.59 Å². The monoisotopic (exact) mass is 384 g/mol. The molecule has 140 valence electrons. The lowest BCUT2D eigenvalue weighted by molar-refractivity contribution is -0.137. The van der Waals surface area contributed by atoms with Crippen LogP contribution in [0.3, 0.4) is 0 Å². The van der Waals surface area contributed by atoms with Crippen LogP contribution in [0.5, 0.6) is 0 Å². The number of hydrogen-bond donors (Lipinski definition) is 1. The van der Waals surface area contributed by atoms with Gasteiger partial charge < -0.3 is 5.11 Å². The van der Waals surface area contributed by atoms with Gasteiger partial charge >= 0.3 is 5.97 Å². The summed E-state index contributed by atoms with van der Waals surface area (Å²) in [5.74, 6) is -1.08. The van der Waals surface area contributed by atoms with Crippen molar-refractivity contribution in [2.75, 3.05) is 6.54 Å². The number of rotatable bonds is 8. The third-order valence-corrected chi connectivity index (χ3v) is 5.20. The van der Waals surface area contributed by atoms with E-state index in [0.29, 0.717) is 30.0 Å². The standard InChI is InChI=1S/C20H20N2O4S/c23-18(24)9-3-1-2-6-12-22-19(25)17(27-20(22)26)13-15-11-10-14-7-4-5-8-16(14)21-15/h4-5,7-8,10-11,13H,1-3,6,9,12H2,(H,23,24). The Morgan fingerprint density at radius 2 is 1.85 bits per heavy atom. The summed E-state index contributed by atoms with van der Waals surface area (Å²) < 4.78 is 0. The summed E-state index contributed by atoms with van der Waals surface area (Å²) in [7, 11) is 0. The summed E-state index contributed by atoms with van der Waals surface area (Å²) in [6, 6.07) is 11.5. The minimum Gasteiger partial charge on any atom is -0.481 e. The van der Waals surface area contributed by atoms with Crippen LogP contribution in [0.25, 0.3) is 17.0 Å². The van der Waals surface area contributed by atoms with Crippen LogP contribution in [0, 0.1) is 0 Å². The lowest BCUT2D eigenvalue weighted by Gasteiger charge is -2.11. The van der Waals surface area contributed by atoms with Gasteiger partial charge in [0.05, 0.1) is 16.1 Å². The Bertz CT molecular complexity index is 910. The highest BCUT2D eigenvalue weighted by Gasteiger charge is 2.34. The van der Waals surface area contributed by atoms with Gasteiger partial charge in [-0.15, -0.1) is 0 Å². The number of thioether (sulfide) groups is 1. The van der Waals surface area contributed by atoms with E-state index in [1.165, 1.54) is 4.90 Å². The molecule has 1 N–H and O–H groups in total. The van der Waals surface area contributed by atoms with Gasteiger partial charge in [0.1, 0.15) is 0 Å². The number of aromatic nitrogens is 1. The summed E-state index contributed by atoms with van der Waals surface area (Å²) in [5.41, 5.74) is 1.49. The number of carboxylic acid groups (broad SMARTS) is 1. The maximum absolute atomic E-state index is 12.5. The number of amides is 2. The minimum atomic E-state index is -0.798. The molecule has 0 atom stereocenters. The lowest BCUT2D eigenvalue weighted by atomic mass is 10.1. The van der Waals surface area contributed by atoms with Crippen LogP contribution in [0.15, 0.2) is 41.3 Å². The molecule has 1 aromatic heterocycles. The summed E-state index contributed by atoms with van der Waals surface area (Å²) in [4.78, 5) is 41.3. The molecule has 2 heterocycles. The normalized spacial score (nSPS) is 15.9. The Hall–Kier alpha value is -2.67. The Morgan fingerprint density at radius 3 is 2.67 bits per heavy atom. The number of benzene rings is 1. The summed E-state index contributed by atoms with van der Waals surface area (Å²) in [6.45, 7) is 0.361. The van der Waals surface area contributed by atoms with Crippen molar-refractivity contribution in [2.24, 2.45) is 0 Å². The van der Waals surface area contributed by atoms with Gasteiger partial charge in [-0.2, -0.15) is 0 Å². The van der Waals surface area contributed by atoms with Crippen molar-refractivity contribution in [2.45, 2.75) is 32.1 Å². The van der Waals surface area contributed by atoms with Gasteiger partial charge in [-0.1, -0.05) is 37.1 Å². The highest BCUT2D eigenvalue weighted by molar-refractivity contribution is 8.18.